The predicted molar refractivity (Wildman–Crippen MR) is 110 cm³/mol. The standard InChI is InChI=1S/C21H32N4O3/c1-3-22-21(23-13-14-7-10-19(28-2)18(26)11-14)25-17-6-4-5-15(12-17)20(27)24-16-8-9-16/h7,10-11,15-17,26H,3-6,8-9,12-13H2,1-2H3,(H,24,27)(H2,22,23,25). The maximum atomic E-state index is 12.4. The molecule has 2 saturated carbocycles. The number of amides is 1. The third-order valence-corrected chi connectivity index (χ3v) is 5.32. The van der Waals surface area contributed by atoms with Crippen LogP contribution in [0.3, 0.4) is 0 Å². The van der Waals surface area contributed by atoms with Crippen LogP contribution in [0, 0.1) is 5.92 Å². The van der Waals surface area contributed by atoms with Gasteiger partial charge in [-0.25, -0.2) is 4.99 Å². The topological polar surface area (TPSA) is 95.0 Å². The van der Waals surface area contributed by atoms with Crippen molar-refractivity contribution in [2.24, 2.45) is 10.9 Å². The number of nitrogens with one attached hydrogen (secondary N) is 3. The first kappa shape index (κ1) is 20.3. The van der Waals surface area contributed by atoms with Crippen molar-refractivity contribution < 1.29 is 14.6 Å². The van der Waals surface area contributed by atoms with E-state index in [2.05, 4.69) is 20.9 Å². The summed E-state index contributed by atoms with van der Waals surface area (Å²) in [5, 5.41) is 19.8. The molecule has 3 rings (SSSR count). The molecular weight excluding hydrogens is 356 g/mol. The van der Waals surface area contributed by atoms with Crippen molar-refractivity contribution in [3.05, 3.63) is 23.8 Å². The van der Waals surface area contributed by atoms with E-state index in [1.54, 1.807) is 12.1 Å². The number of aliphatic imine (C=N–C) groups is 1. The van der Waals surface area contributed by atoms with E-state index in [0.717, 1.165) is 56.6 Å². The number of methoxy groups -OCH3 is 1. The molecule has 4 N–H and O–H groups in total. The lowest BCUT2D eigenvalue weighted by Gasteiger charge is -2.30. The molecule has 0 aromatic heterocycles. The number of benzene rings is 1. The second-order valence-electron chi connectivity index (χ2n) is 7.69. The van der Waals surface area contributed by atoms with Crippen molar-refractivity contribution in [3.8, 4) is 11.5 Å². The number of hydrogen-bond donors (Lipinski definition) is 4. The normalized spacial score (nSPS) is 22.4. The van der Waals surface area contributed by atoms with Gasteiger partial charge >= 0.3 is 0 Å². The number of carbonyl (C=O) groups excluding carboxylic acids is 1. The zero-order valence-corrected chi connectivity index (χ0v) is 16.8. The first-order valence-corrected chi connectivity index (χ1v) is 10.3. The maximum absolute atomic E-state index is 12.4. The molecule has 1 aromatic rings. The Morgan fingerprint density at radius 3 is 2.71 bits per heavy atom. The van der Waals surface area contributed by atoms with Crippen molar-refractivity contribution in [2.45, 2.75) is 64.1 Å². The van der Waals surface area contributed by atoms with Gasteiger partial charge < -0.3 is 25.8 Å². The summed E-state index contributed by atoms with van der Waals surface area (Å²) in [4.78, 5) is 17.0. The van der Waals surface area contributed by atoms with Crippen LogP contribution in [0.4, 0.5) is 0 Å². The number of phenols is 1. The van der Waals surface area contributed by atoms with Crippen molar-refractivity contribution in [1.82, 2.24) is 16.0 Å². The second-order valence-corrected chi connectivity index (χ2v) is 7.69. The summed E-state index contributed by atoms with van der Waals surface area (Å²) in [7, 11) is 1.53. The van der Waals surface area contributed by atoms with E-state index in [-0.39, 0.29) is 23.6 Å². The Hall–Kier alpha value is -2.44. The average molecular weight is 389 g/mol. The van der Waals surface area contributed by atoms with Gasteiger partial charge in [0.25, 0.3) is 0 Å². The molecule has 0 aliphatic heterocycles. The van der Waals surface area contributed by atoms with E-state index in [1.165, 1.54) is 7.11 Å². The minimum atomic E-state index is 0.0910. The highest BCUT2D eigenvalue weighted by atomic mass is 16.5. The summed E-state index contributed by atoms with van der Waals surface area (Å²) < 4.78 is 5.08. The highest BCUT2D eigenvalue weighted by Crippen LogP contribution is 2.27. The molecule has 2 aliphatic rings. The highest BCUT2D eigenvalue weighted by Gasteiger charge is 2.31. The number of phenolic OH excluding ortho intramolecular Hbond substituents is 1. The zero-order valence-electron chi connectivity index (χ0n) is 16.8. The molecule has 7 heteroatoms. The van der Waals surface area contributed by atoms with Crippen LogP contribution in [-0.4, -0.2) is 42.7 Å². The van der Waals surface area contributed by atoms with Gasteiger partial charge in [-0.2, -0.15) is 0 Å². The Morgan fingerprint density at radius 1 is 1.21 bits per heavy atom. The zero-order chi connectivity index (χ0) is 19.9. The monoisotopic (exact) mass is 388 g/mol. The molecule has 2 fully saturated rings. The van der Waals surface area contributed by atoms with Gasteiger partial charge in [-0.1, -0.05) is 12.5 Å². The van der Waals surface area contributed by atoms with Gasteiger partial charge in [0.1, 0.15) is 0 Å². The van der Waals surface area contributed by atoms with Gasteiger partial charge in [-0.15, -0.1) is 0 Å². The Labute approximate surface area is 167 Å². The first-order valence-electron chi connectivity index (χ1n) is 10.3. The van der Waals surface area contributed by atoms with Crippen molar-refractivity contribution in [2.75, 3.05) is 13.7 Å². The number of rotatable bonds is 7. The Kier molecular flexibility index (Phi) is 7.01. The Balaban J connectivity index is 1.57. The number of hydrogen-bond acceptors (Lipinski definition) is 4. The molecule has 0 bridgehead atoms. The number of aromatic hydroxyl groups is 1. The van der Waals surface area contributed by atoms with Crippen LogP contribution >= 0.6 is 0 Å². The van der Waals surface area contributed by atoms with Gasteiger partial charge in [-0.3, -0.25) is 4.79 Å². The number of ether oxygens (including phenoxy) is 1. The molecule has 0 saturated heterocycles. The van der Waals surface area contributed by atoms with Gasteiger partial charge in [0.2, 0.25) is 5.91 Å². The summed E-state index contributed by atoms with van der Waals surface area (Å²) in [5.41, 5.74) is 0.904. The van der Waals surface area contributed by atoms with Crippen LogP contribution in [0.1, 0.15) is 51.0 Å². The molecular formula is C21H32N4O3. The smallest absolute Gasteiger partial charge is 0.223 e. The van der Waals surface area contributed by atoms with E-state index in [0.29, 0.717) is 18.3 Å². The minimum Gasteiger partial charge on any atom is -0.504 e. The lowest BCUT2D eigenvalue weighted by atomic mass is 9.85. The fraction of sp³-hybridized carbons (Fsp3) is 0.619. The molecule has 7 nitrogen and oxygen atoms in total. The van der Waals surface area contributed by atoms with Crippen LogP contribution in [0.5, 0.6) is 11.5 Å². The molecule has 2 atom stereocenters. The quantitative estimate of drug-likeness (QED) is 0.425. The van der Waals surface area contributed by atoms with Crippen LogP contribution in [-0.2, 0) is 11.3 Å². The maximum Gasteiger partial charge on any atom is 0.223 e. The summed E-state index contributed by atoms with van der Waals surface area (Å²) in [6, 6.07) is 5.96. The van der Waals surface area contributed by atoms with Crippen LogP contribution in [0.15, 0.2) is 23.2 Å². The molecule has 0 spiro atoms. The summed E-state index contributed by atoms with van der Waals surface area (Å²) in [5.74, 6) is 1.62. The largest absolute Gasteiger partial charge is 0.504 e. The average Bonchev–Trinajstić information content (AvgIpc) is 3.50. The third kappa shape index (κ3) is 5.78. The highest BCUT2D eigenvalue weighted by molar-refractivity contribution is 5.81. The summed E-state index contributed by atoms with van der Waals surface area (Å²) >= 11 is 0. The van der Waals surface area contributed by atoms with Gasteiger partial charge in [0.15, 0.2) is 17.5 Å². The summed E-state index contributed by atoms with van der Waals surface area (Å²) in [6.45, 7) is 3.24. The second kappa shape index (κ2) is 9.66. The molecule has 1 amide bonds. The first-order chi connectivity index (χ1) is 13.6. The number of nitrogens with zero attached hydrogens (tertiary/aromatic N) is 1. The van der Waals surface area contributed by atoms with Crippen molar-refractivity contribution in [1.29, 1.82) is 0 Å². The number of carbonyl (C=O) groups is 1. The number of guanidine groups is 1. The Morgan fingerprint density at radius 2 is 2.04 bits per heavy atom. The van der Waals surface area contributed by atoms with Crippen molar-refractivity contribution in [3.63, 3.8) is 0 Å². The molecule has 1 aromatic carbocycles. The summed E-state index contributed by atoms with van der Waals surface area (Å²) in [6.07, 6.45) is 6.14. The van der Waals surface area contributed by atoms with Crippen LogP contribution in [0.2, 0.25) is 0 Å². The van der Waals surface area contributed by atoms with Crippen LogP contribution < -0.4 is 20.7 Å². The van der Waals surface area contributed by atoms with E-state index >= 15 is 0 Å². The fourth-order valence-electron chi connectivity index (χ4n) is 3.62. The van der Waals surface area contributed by atoms with Gasteiger partial charge in [0, 0.05) is 24.5 Å². The van der Waals surface area contributed by atoms with E-state index in [9.17, 15) is 9.90 Å². The molecule has 28 heavy (non-hydrogen) atoms. The Bertz CT molecular complexity index is 703. The molecule has 2 unspecified atom stereocenters. The van der Waals surface area contributed by atoms with Crippen LogP contribution in [0.25, 0.3) is 0 Å². The van der Waals surface area contributed by atoms with E-state index in [1.807, 2.05) is 13.0 Å². The predicted octanol–water partition coefficient (Wildman–Crippen LogP) is 2.29. The lowest BCUT2D eigenvalue weighted by molar-refractivity contribution is -0.126. The SMILES string of the molecule is CCNC(=NCc1ccc(OC)c(O)c1)NC1CCCC(C(=O)NC2CC2)C1. The molecule has 0 radical (unpaired) electrons. The van der Waals surface area contributed by atoms with Gasteiger partial charge in [-0.05, 0) is 56.7 Å². The van der Waals surface area contributed by atoms with Crippen molar-refractivity contribution >= 4 is 11.9 Å². The fourth-order valence-corrected chi connectivity index (χ4v) is 3.62. The molecule has 0 heterocycles. The van der Waals surface area contributed by atoms with E-state index < -0.39 is 0 Å². The lowest BCUT2D eigenvalue weighted by Crippen LogP contribution is -2.47. The third-order valence-electron chi connectivity index (χ3n) is 5.32. The molecule has 154 valence electrons. The minimum absolute atomic E-state index is 0.0910. The van der Waals surface area contributed by atoms with E-state index in [4.69, 9.17) is 4.74 Å². The van der Waals surface area contributed by atoms with Gasteiger partial charge in [0.05, 0.1) is 13.7 Å². The molecule has 2 aliphatic carbocycles.